The predicted molar refractivity (Wildman–Crippen MR) is 87.5 cm³/mol. The Morgan fingerprint density at radius 2 is 1.35 bits per heavy atom. The van der Waals surface area contributed by atoms with Crippen molar-refractivity contribution in [1.29, 1.82) is 0 Å². The zero-order valence-corrected chi connectivity index (χ0v) is 15.1. The minimum absolute atomic E-state index is 0.111. The second-order valence-electron chi connectivity index (χ2n) is 9.02. The van der Waals surface area contributed by atoms with Crippen molar-refractivity contribution in [3.8, 4) is 0 Å². The van der Waals surface area contributed by atoms with E-state index in [9.17, 15) is 21.6 Å². The molecule has 2 unspecified atom stereocenters. The van der Waals surface area contributed by atoms with E-state index in [-0.39, 0.29) is 29.4 Å². The monoisotopic (exact) mass is 386 g/mol. The molecule has 2 aliphatic heterocycles. The lowest BCUT2D eigenvalue weighted by Crippen LogP contribution is -2.61. The van der Waals surface area contributed by atoms with Crippen LogP contribution in [0.5, 0.6) is 0 Å². The Kier molecular flexibility index (Phi) is 2.65. The van der Waals surface area contributed by atoms with Gasteiger partial charge in [-0.25, -0.2) is 8.42 Å². The second-order valence-corrected chi connectivity index (χ2v) is 11.5. The fourth-order valence-corrected chi connectivity index (χ4v) is 10.2. The summed E-state index contributed by atoms with van der Waals surface area (Å²) in [5.74, 6) is -3.46. The van der Waals surface area contributed by atoms with Gasteiger partial charge in [0.25, 0.3) is 0 Å². The van der Waals surface area contributed by atoms with Crippen molar-refractivity contribution in [1.82, 2.24) is 0 Å². The Labute approximate surface area is 150 Å². The van der Waals surface area contributed by atoms with E-state index < -0.39 is 50.2 Å². The summed E-state index contributed by atoms with van der Waals surface area (Å²) >= 11 is 0. The van der Waals surface area contributed by atoms with Crippen molar-refractivity contribution in [3.05, 3.63) is 24.3 Å². The van der Waals surface area contributed by atoms with E-state index in [0.717, 1.165) is 0 Å². The van der Waals surface area contributed by atoms with E-state index in [0.29, 0.717) is 12.8 Å². The van der Waals surface area contributed by atoms with Crippen LogP contribution in [0.2, 0.25) is 0 Å². The van der Waals surface area contributed by atoms with Gasteiger partial charge in [0.1, 0.15) is 0 Å². The van der Waals surface area contributed by atoms with E-state index in [1.54, 1.807) is 0 Å². The summed E-state index contributed by atoms with van der Waals surface area (Å²) in [7, 11) is -3.81. The Morgan fingerprint density at radius 1 is 0.923 bits per heavy atom. The molecule has 6 bridgehead atoms. The third kappa shape index (κ3) is 1.34. The van der Waals surface area contributed by atoms with Gasteiger partial charge < -0.3 is 4.74 Å². The third-order valence-electron chi connectivity index (χ3n) is 8.48. The van der Waals surface area contributed by atoms with Crippen molar-refractivity contribution in [2.24, 2.45) is 47.3 Å². The molecule has 6 aliphatic rings. The highest BCUT2D eigenvalue weighted by molar-refractivity contribution is 7.92. The highest BCUT2D eigenvalue weighted by Gasteiger charge is 2.91. The highest BCUT2D eigenvalue weighted by Crippen LogP contribution is 2.81. The SMILES string of the molecule is CCS(=O)(=O)C12OC(C(F)(F)F)([C@@H]3[C@H]1[C@H]1C=C[C@@H]3C1)[C@H]1[C@@H]2[C@@H]2C=C[C@H]1C2. The summed E-state index contributed by atoms with van der Waals surface area (Å²) in [5.41, 5.74) is -2.31. The number of alkyl halides is 3. The van der Waals surface area contributed by atoms with Gasteiger partial charge in [-0.3, -0.25) is 0 Å². The minimum atomic E-state index is -4.56. The Morgan fingerprint density at radius 3 is 1.73 bits per heavy atom. The number of allylic oxidation sites excluding steroid dienone is 4. The molecule has 10 atom stereocenters. The number of ether oxygens (including phenoxy) is 1. The number of fused-ring (bicyclic) bond motifs is 16. The van der Waals surface area contributed by atoms with Crippen LogP contribution in [0, 0.1) is 47.3 Å². The van der Waals surface area contributed by atoms with Crippen molar-refractivity contribution >= 4 is 9.84 Å². The van der Waals surface area contributed by atoms with Gasteiger partial charge in [-0.15, -0.1) is 0 Å². The maximum atomic E-state index is 14.7. The first-order valence-corrected chi connectivity index (χ1v) is 11.2. The van der Waals surface area contributed by atoms with Crippen molar-refractivity contribution in [2.45, 2.75) is 36.5 Å². The highest BCUT2D eigenvalue weighted by atomic mass is 32.2. The zero-order valence-electron chi connectivity index (χ0n) is 14.3. The zero-order chi connectivity index (χ0) is 18.3. The summed E-state index contributed by atoms with van der Waals surface area (Å²) in [6.45, 7) is 1.54. The summed E-state index contributed by atoms with van der Waals surface area (Å²) in [4.78, 5) is -1.67. The van der Waals surface area contributed by atoms with Crippen molar-refractivity contribution < 1.29 is 26.3 Å². The van der Waals surface area contributed by atoms with Crippen LogP contribution in [0.25, 0.3) is 0 Å². The van der Waals surface area contributed by atoms with Gasteiger partial charge in [0.15, 0.2) is 20.4 Å². The molecule has 0 amide bonds. The summed E-state index contributed by atoms with van der Waals surface area (Å²) in [6.07, 6.45) is 4.38. The molecule has 0 aromatic heterocycles. The van der Waals surface area contributed by atoms with Crippen LogP contribution < -0.4 is 0 Å². The van der Waals surface area contributed by atoms with Crippen LogP contribution in [-0.4, -0.2) is 30.9 Å². The molecule has 0 N–H and O–H groups in total. The molecular weight excluding hydrogens is 365 g/mol. The molecule has 6 rings (SSSR count). The Balaban J connectivity index is 1.68. The molecule has 2 saturated heterocycles. The third-order valence-corrected chi connectivity index (χ3v) is 10.8. The average molecular weight is 386 g/mol. The molecule has 4 fully saturated rings. The summed E-state index contributed by atoms with van der Waals surface area (Å²) in [5, 5.41) is 0. The van der Waals surface area contributed by atoms with E-state index >= 15 is 0 Å². The van der Waals surface area contributed by atoms with Crippen LogP contribution in [0.1, 0.15) is 19.8 Å². The fourth-order valence-electron chi connectivity index (χ4n) is 8.03. The van der Waals surface area contributed by atoms with Crippen LogP contribution in [0.4, 0.5) is 13.2 Å². The number of sulfone groups is 1. The Bertz CT molecular complexity index is 818. The molecule has 4 aliphatic carbocycles. The molecule has 0 aromatic rings. The molecule has 2 heterocycles. The molecule has 0 aromatic carbocycles. The average Bonchev–Trinajstić information content (AvgIpc) is 3.39. The van der Waals surface area contributed by atoms with Crippen LogP contribution in [-0.2, 0) is 14.6 Å². The summed E-state index contributed by atoms with van der Waals surface area (Å²) < 4.78 is 76.7. The minimum Gasteiger partial charge on any atom is -0.342 e. The molecule has 142 valence electrons. The van der Waals surface area contributed by atoms with Crippen LogP contribution >= 0.6 is 0 Å². The first kappa shape index (κ1) is 16.2. The maximum Gasteiger partial charge on any atom is 0.418 e. The molecule has 0 spiro atoms. The lowest BCUT2D eigenvalue weighted by Gasteiger charge is -2.49. The molecule has 7 heteroatoms. The van der Waals surface area contributed by atoms with Crippen molar-refractivity contribution in [3.63, 3.8) is 0 Å². The van der Waals surface area contributed by atoms with Gasteiger partial charge >= 0.3 is 6.18 Å². The van der Waals surface area contributed by atoms with E-state index in [2.05, 4.69) is 0 Å². The Hall–Kier alpha value is -0.820. The quantitative estimate of drug-likeness (QED) is 0.684. The number of hydrogen-bond acceptors (Lipinski definition) is 3. The predicted octanol–water partition coefficient (Wildman–Crippen LogP) is 3.34. The second kappa shape index (κ2) is 4.27. The summed E-state index contributed by atoms with van der Waals surface area (Å²) in [6, 6.07) is 0. The molecular formula is C19H21F3O3S. The normalized spacial score (nSPS) is 58.0. The van der Waals surface area contributed by atoms with Crippen LogP contribution in [0.15, 0.2) is 24.3 Å². The molecule has 3 nitrogen and oxygen atoms in total. The van der Waals surface area contributed by atoms with Gasteiger partial charge in [-0.1, -0.05) is 31.2 Å². The number of rotatable bonds is 2. The van der Waals surface area contributed by atoms with Gasteiger partial charge in [0.05, 0.1) is 5.75 Å². The van der Waals surface area contributed by atoms with Crippen molar-refractivity contribution in [2.75, 3.05) is 5.75 Å². The lowest BCUT2D eigenvalue weighted by atomic mass is 9.56. The van der Waals surface area contributed by atoms with E-state index in [1.807, 2.05) is 24.3 Å². The van der Waals surface area contributed by atoms with Gasteiger partial charge in [0, 0.05) is 23.7 Å². The molecule has 0 radical (unpaired) electrons. The largest absolute Gasteiger partial charge is 0.418 e. The topological polar surface area (TPSA) is 43.4 Å². The standard InChI is InChI=1S/C19H21F3O3S/c1-2-26(23,24)18-15-11-5-3-9(7-11)13(15)17(25-18,19(20,21)22)14-10-4-6-12(8-10)16(14)18/h3-6,9-16H,2,7-8H2,1H3/t9-,10+,11+,12-,13+,14-,15-,16+,17?,18?. The lowest BCUT2D eigenvalue weighted by molar-refractivity contribution is -0.289. The fraction of sp³-hybridized carbons (Fsp3) is 0.789. The molecule has 2 saturated carbocycles. The van der Waals surface area contributed by atoms with Gasteiger partial charge in [-0.2, -0.15) is 13.2 Å². The van der Waals surface area contributed by atoms with E-state index in [1.165, 1.54) is 6.92 Å². The van der Waals surface area contributed by atoms with E-state index in [4.69, 9.17) is 4.74 Å². The first-order valence-electron chi connectivity index (χ1n) is 9.55. The first-order chi connectivity index (χ1) is 12.2. The maximum absolute atomic E-state index is 14.7. The van der Waals surface area contributed by atoms with Gasteiger partial charge in [0.2, 0.25) is 0 Å². The number of halogens is 3. The van der Waals surface area contributed by atoms with Crippen LogP contribution in [0.3, 0.4) is 0 Å². The smallest absolute Gasteiger partial charge is 0.342 e. The van der Waals surface area contributed by atoms with Gasteiger partial charge in [-0.05, 0) is 36.5 Å². The molecule has 26 heavy (non-hydrogen) atoms. The number of hydrogen-bond donors (Lipinski definition) is 0.